The van der Waals surface area contributed by atoms with Gasteiger partial charge in [0.25, 0.3) is 0 Å². The number of rotatable bonds is 4. The molecule has 0 N–H and O–H groups in total. The van der Waals surface area contributed by atoms with Gasteiger partial charge in [-0.25, -0.2) is 4.98 Å². The lowest BCUT2D eigenvalue weighted by atomic mass is 9.91. The van der Waals surface area contributed by atoms with Crippen molar-refractivity contribution >= 4 is 5.91 Å². The molecule has 1 aliphatic heterocycles. The van der Waals surface area contributed by atoms with E-state index in [0.717, 1.165) is 13.1 Å². The first kappa shape index (κ1) is 12.8. The van der Waals surface area contributed by atoms with Crippen molar-refractivity contribution in [1.82, 2.24) is 24.6 Å². The molecular formula is C14H17N5O. The third kappa shape index (κ3) is 2.54. The molecule has 0 saturated carbocycles. The summed E-state index contributed by atoms with van der Waals surface area (Å²) >= 11 is 0. The molecule has 0 radical (unpaired) electrons. The third-order valence-electron chi connectivity index (χ3n) is 3.72. The van der Waals surface area contributed by atoms with Crippen LogP contribution in [0.15, 0.2) is 37.2 Å². The summed E-state index contributed by atoms with van der Waals surface area (Å²) in [5.74, 6) is 0.557. The van der Waals surface area contributed by atoms with E-state index < -0.39 is 0 Å². The SMILES string of the molecule is CC(Cn1cncn1)C(=O)N1CC(c2ccncc2)C1. The van der Waals surface area contributed by atoms with E-state index in [1.807, 2.05) is 24.0 Å². The molecule has 1 amide bonds. The van der Waals surface area contributed by atoms with Crippen molar-refractivity contribution in [3.8, 4) is 0 Å². The van der Waals surface area contributed by atoms with Gasteiger partial charge in [0.1, 0.15) is 12.7 Å². The van der Waals surface area contributed by atoms with Crippen LogP contribution in [0, 0.1) is 5.92 Å². The Kier molecular flexibility index (Phi) is 3.45. The summed E-state index contributed by atoms with van der Waals surface area (Å²) in [5, 5.41) is 4.03. The number of aromatic nitrogens is 4. The molecule has 1 fully saturated rings. The number of carbonyl (C=O) groups excluding carboxylic acids is 1. The van der Waals surface area contributed by atoms with Gasteiger partial charge in [0.2, 0.25) is 5.91 Å². The topological polar surface area (TPSA) is 63.9 Å². The van der Waals surface area contributed by atoms with Gasteiger partial charge in [0.05, 0.1) is 12.5 Å². The van der Waals surface area contributed by atoms with Crippen molar-refractivity contribution in [1.29, 1.82) is 0 Å². The van der Waals surface area contributed by atoms with E-state index in [1.54, 1.807) is 23.4 Å². The summed E-state index contributed by atoms with van der Waals surface area (Å²) in [5.41, 5.74) is 1.26. The number of carbonyl (C=O) groups is 1. The van der Waals surface area contributed by atoms with Gasteiger partial charge in [0, 0.05) is 31.4 Å². The van der Waals surface area contributed by atoms with E-state index in [4.69, 9.17) is 0 Å². The van der Waals surface area contributed by atoms with E-state index in [9.17, 15) is 4.79 Å². The molecule has 3 rings (SSSR count). The van der Waals surface area contributed by atoms with Crippen LogP contribution in [0.1, 0.15) is 18.4 Å². The predicted octanol–water partition coefficient (Wildman–Crippen LogP) is 0.935. The van der Waals surface area contributed by atoms with E-state index in [-0.39, 0.29) is 11.8 Å². The third-order valence-corrected chi connectivity index (χ3v) is 3.72. The molecule has 1 unspecified atom stereocenters. The Morgan fingerprint density at radius 2 is 2.10 bits per heavy atom. The Morgan fingerprint density at radius 1 is 1.35 bits per heavy atom. The zero-order chi connectivity index (χ0) is 13.9. The van der Waals surface area contributed by atoms with Gasteiger partial charge in [-0.15, -0.1) is 0 Å². The monoisotopic (exact) mass is 271 g/mol. The molecule has 6 nitrogen and oxygen atoms in total. The molecule has 6 heteroatoms. The van der Waals surface area contributed by atoms with Crippen molar-refractivity contribution in [2.24, 2.45) is 5.92 Å². The van der Waals surface area contributed by atoms with Gasteiger partial charge in [-0.1, -0.05) is 6.92 Å². The number of nitrogens with zero attached hydrogens (tertiary/aromatic N) is 5. The van der Waals surface area contributed by atoms with Gasteiger partial charge >= 0.3 is 0 Å². The molecule has 0 aromatic carbocycles. The summed E-state index contributed by atoms with van der Waals surface area (Å²) < 4.78 is 1.70. The first-order valence-corrected chi connectivity index (χ1v) is 6.75. The summed E-state index contributed by atoms with van der Waals surface area (Å²) in [7, 11) is 0. The van der Waals surface area contributed by atoms with Crippen LogP contribution < -0.4 is 0 Å². The number of amides is 1. The predicted molar refractivity (Wildman–Crippen MR) is 72.7 cm³/mol. The zero-order valence-corrected chi connectivity index (χ0v) is 11.4. The van der Waals surface area contributed by atoms with Crippen molar-refractivity contribution in [3.05, 3.63) is 42.7 Å². The highest BCUT2D eigenvalue weighted by Gasteiger charge is 2.33. The minimum Gasteiger partial charge on any atom is -0.341 e. The Labute approximate surface area is 117 Å². The van der Waals surface area contributed by atoms with E-state index >= 15 is 0 Å². The molecule has 20 heavy (non-hydrogen) atoms. The fraction of sp³-hybridized carbons (Fsp3) is 0.429. The first-order chi connectivity index (χ1) is 9.74. The minimum absolute atomic E-state index is 0.0740. The van der Waals surface area contributed by atoms with Crippen LogP contribution >= 0.6 is 0 Å². The van der Waals surface area contributed by atoms with Crippen molar-refractivity contribution in [2.45, 2.75) is 19.4 Å². The summed E-state index contributed by atoms with van der Waals surface area (Å²) in [6, 6.07) is 4.04. The fourth-order valence-electron chi connectivity index (χ4n) is 2.50. The maximum atomic E-state index is 12.3. The van der Waals surface area contributed by atoms with Crippen LogP contribution in [0.25, 0.3) is 0 Å². The Bertz CT molecular complexity index is 563. The minimum atomic E-state index is -0.0740. The maximum Gasteiger partial charge on any atom is 0.227 e. The van der Waals surface area contributed by atoms with Gasteiger partial charge in [-0.05, 0) is 17.7 Å². The molecule has 1 atom stereocenters. The number of hydrogen-bond donors (Lipinski definition) is 0. The molecule has 0 spiro atoms. The van der Waals surface area contributed by atoms with E-state index in [1.165, 1.54) is 11.9 Å². The smallest absolute Gasteiger partial charge is 0.227 e. The molecule has 104 valence electrons. The lowest BCUT2D eigenvalue weighted by Crippen LogP contribution is -2.50. The van der Waals surface area contributed by atoms with Crippen molar-refractivity contribution < 1.29 is 4.79 Å². The number of pyridine rings is 1. The van der Waals surface area contributed by atoms with Crippen LogP contribution in [0.3, 0.4) is 0 Å². The average Bonchev–Trinajstić information content (AvgIpc) is 2.91. The highest BCUT2D eigenvalue weighted by atomic mass is 16.2. The lowest BCUT2D eigenvalue weighted by molar-refractivity contribution is -0.140. The molecule has 1 saturated heterocycles. The van der Waals surface area contributed by atoms with E-state index in [2.05, 4.69) is 15.1 Å². The molecule has 0 bridgehead atoms. The Hall–Kier alpha value is -2.24. The second-order valence-corrected chi connectivity index (χ2v) is 5.24. The molecule has 1 aliphatic rings. The second kappa shape index (κ2) is 5.40. The van der Waals surface area contributed by atoms with Gasteiger partial charge in [0.15, 0.2) is 0 Å². The standard InChI is InChI=1S/C14H17N5O/c1-11(6-19-10-16-9-17-19)14(20)18-7-13(8-18)12-2-4-15-5-3-12/h2-5,9-11,13H,6-8H2,1H3. The maximum absolute atomic E-state index is 12.3. The Balaban J connectivity index is 1.53. The van der Waals surface area contributed by atoms with Crippen LogP contribution in [0.4, 0.5) is 0 Å². The van der Waals surface area contributed by atoms with Gasteiger partial charge in [-0.3, -0.25) is 14.5 Å². The van der Waals surface area contributed by atoms with Gasteiger partial charge < -0.3 is 4.90 Å². The zero-order valence-electron chi connectivity index (χ0n) is 11.4. The van der Waals surface area contributed by atoms with Crippen molar-refractivity contribution in [3.63, 3.8) is 0 Å². The van der Waals surface area contributed by atoms with Crippen molar-refractivity contribution in [2.75, 3.05) is 13.1 Å². The normalized spacial score (nSPS) is 16.8. The second-order valence-electron chi connectivity index (χ2n) is 5.24. The van der Waals surface area contributed by atoms with Crippen LogP contribution in [0.5, 0.6) is 0 Å². The highest BCUT2D eigenvalue weighted by molar-refractivity contribution is 5.79. The van der Waals surface area contributed by atoms with Crippen LogP contribution in [0.2, 0.25) is 0 Å². The van der Waals surface area contributed by atoms with Crippen LogP contribution in [-0.2, 0) is 11.3 Å². The molecule has 2 aromatic heterocycles. The highest BCUT2D eigenvalue weighted by Crippen LogP contribution is 2.27. The number of likely N-dealkylation sites (tertiary alicyclic amines) is 1. The van der Waals surface area contributed by atoms with E-state index in [0.29, 0.717) is 12.5 Å². The fourth-order valence-corrected chi connectivity index (χ4v) is 2.50. The molecule has 3 heterocycles. The first-order valence-electron chi connectivity index (χ1n) is 6.75. The molecule has 0 aliphatic carbocycles. The largest absolute Gasteiger partial charge is 0.341 e. The Morgan fingerprint density at radius 3 is 2.75 bits per heavy atom. The molecule has 2 aromatic rings. The quantitative estimate of drug-likeness (QED) is 0.830. The average molecular weight is 271 g/mol. The lowest BCUT2D eigenvalue weighted by Gasteiger charge is -2.40. The summed E-state index contributed by atoms with van der Waals surface area (Å²) in [6.07, 6.45) is 6.72. The number of hydrogen-bond acceptors (Lipinski definition) is 4. The van der Waals surface area contributed by atoms with Gasteiger partial charge in [-0.2, -0.15) is 5.10 Å². The van der Waals surface area contributed by atoms with Crippen LogP contribution in [-0.4, -0.2) is 43.6 Å². The summed E-state index contributed by atoms with van der Waals surface area (Å²) in [6.45, 7) is 4.11. The summed E-state index contributed by atoms with van der Waals surface area (Å²) in [4.78, 5) is 22.1. The molecular weight excluding hydrogens is 254 g/mol.